The first kappa shape index (κ1) is 18.9. The van der Waals surface area contributed by atoms with Crippen LogP contribution in [-0.4, -0.2) is 51.4 Å². The average molecular weight is 385 g/mol. The van der Waals surface area contributed by atoms with E-state index in [1.165, 1.54) is 6.20 Å². The van der Waals surface area contributed by atoms with Crippen LogP contribution >= 0.6 is 0 Å². The lowest BCUT2D eigenvalue weighted by molar-refractivity contribution is 0.0907. The number of hydrogen-bond acceptors (Lipinski definition) is 6. The van der Waals surface area contributed by atoms with Gasteiger partial charge in [0.25, 0.3) is 11.5 Å². The zero-order valence-electron chi connectivity index (χ0n) is 16.3. The van der Waals surface area contributed by atoms with Gasteiger partial charge >= 0.3 is 0 Å². The fourth-order valence-corrected chi connectivity index (χ4v) is 4.23. The number of hydrogen-bond donors (Lipinski definition) is 1. The molecule has 2 aromatic heterocycles. The summed E-state index contributed by atoms with van der Waals surface area (Å²) in [6, 6.07) is 2.02. The molecule has 8 heteroatoms. The molecule has 2 aromatic rings. The van der Waals surface area contributed by atoms with Gasteiger partial charge in [-0.1, -0.05) is 11.6 Å². The number of aromatic nitrogens is 3. The second-order valence-corrected chi connectivity index (χ2v) is 7.72. The van der Waals surface area contributed by atoms with Crippen LogP contribution in [-0.2, 0) is 19.4 Å². The number of amides is 1. The third kappa shape index (κ3) is 4.01. The summed E-state index contributed by atoms with van der Waals surface area (Å²) < 4.78 is 6.57. The van der Waals surface area contributed by atoms with Gasteiger partial charge < -0.3 is 9.84 Å². The van der Waals surface area contributed by atoms with Crippen LogP contribution in [0, 0.1) is 6.92 Å². The first-order chi connectivity index (χ1) is 13.6. The number of nitrogens with one attached hydrogen (secondary N) is 1. The molecular weight excluding hydrogens is 358 g/mol. The molecule has 0 aromatic carbocycles. The molecule has 0 bridgehead atoms. The van der Waals surface area contributed by atoms with Crippen LogP contribution in [0.25, 0.3) is 0 Å². The lowest BCUT2D eigenvalue weighted by atomic mass is 10.0. The summed E-state index contributed by atoms with van der Waals surface area (Å²) in [6.07, 6.45) is 7.81. The number of nitrogens with zero attached hydrogens (tertiary/aromatic N) is 4. The predicted molar refractivity (Wildman–Crippen MR) is 103 cm³/mol. The van der Waals surface area contributed by atoms with Crippen LogP contribution in [0.3, 0.4) is 0 Å². The summed E-state index contributed by atoms with van der Waals surface area (Å²) in [5.41, 5.74) is 2.66. The lowest BCUT2D eigenvalue weighted by Crippen LogP contribution is -2.48. The number of fused-ring (bicyclic) bond motifs is 1. The molecule has 1 amide bonds. The maximum atomic E-state index is 12.3. The molecule has 1 saturated heterocycles. The lowest BCUT2D eigenvalue weighted by Gasteiger charge is -2.35. The van der Waals surface area contributed by atoms with E-state index in [2.05, 4.69) is 20.5 Å². The van der Waals surface area contributed by atoms with Gasteiger partial charge in [0.2, 0.25) is 0 Å². The van der Waals surface area contributed by atoms with Gasteiger partial charge in [0, 0.05) is 25.2 Å². The first-order valence-corrected chi connectivity index (χ1v) is 10.2. The van der Waals surface area contributed by atoms with E-state index in [1.807, 2.05) is 0 Å². The van der Waals surface area contributed by atoms with E-state index in [4.69, 9.17) is 4.52 Å². The zero-order chi connectivity index (χ0) is 19.5. The Bertz CT molecular complexity index is 903. The second kappa shape index (κ2) is 8.26. The quantitative estimate of drug-likeness (QED) is 0.806. The molecule has 150 valence electrons. The predicted octanol–water partition coefficient (Wildman–Crippen LogP) is 1.31. The molecule has 1 N–H and O–H groups in total. The molecule has 1 aliphatic heterocycles. The van der Waals surface area contributed by atoms with Gasteiger partial charge in [-0.05, 0) is 51.1 Å². The van der Waals surface area contributed by atoms with Crippen molar-refractivity contribution in [3.05, 3.63) is 45.2 Å². The van der Waals surface area contributed by atoms with Crippen LogP contribution < -0.4 is 10.9 Å². The van der Waals surface area contributed by atoms with Crippen LogP contribution in [0.2, 0.25) is 0 Å². The summed E-state index contributed by atoms with van der Waals surface area (Å²) >= 11 is 0. The fraction of sp³-hybridized carbons (Fsp3) is 0.600. The van der Waals surface area contributed by atoms with Gasteiger partial charge in [0.05, 0.1) is 18.4 Å². The SMILES string of the molecule is Cc1oncc1C(=O)NCC1CCCCN1CCn1nc2c(cc1=O)CCC2. The number of piperidine rings is 1. The molecule has 28 heavy (non-hydrogen) atoms. The molecule has 0 radical (unpaired) electrons. The Morgan fingerprint density at radius 3 is 3.00 bits per heavy atom. The Labute approximate surface area is 163 Å². The van der Waals surface area contributed by atoms with Crippen molar-refractivity contribution in [2.75, 3.05) is 19.6 Å². The monoisotopic (exact) mass is 385 g/mol. The minimum Gasteiger partial charge on any atom is -0.361 e. The maximum absolute atomic E-state index is 12.3. The van der Waals surface area contributed by atoms with Crippen LogP contribution in [0.5, 0.6) is 0 Å². The standard InChI is InChI=1S/C20H27N5O3/c1-14-17(13-22-28-14)20(27)21-12-16-6-2-3-8-24(16)9-10-25-19(26)11-15-5-4-7-18(15)23-25/h11,13,16H,2-10,12H2,1H3,(H,21,27). The Kier molecular flexibility index (Phi) is 5.57. The van der Waals surface area contributed by atoms with E-state index in [0.717, 1.165) is 62.9 Å². The van der Waals surface area contributed by atoms with Crippen molar-refractivity contribution in [2.24, 2.45) is 0 Å². The van der Waals surface area contributed by atoms with Gasteiger partial charge in [-0.25, -0.2) is 4.68 Å². The molecule has 4 rings (SSSR count). The second-order valence-electron chi connectivity index (χ2n) is 7.72. The fourth-order valence-electron chi connectivity index (χ4n) is 4.23. The highest BCUT2D eigenvalue weighted by molar-refractivity contribution is 5.94. The highest BCUT2D eigenvalue weighted by atomic mass is 16.5. The van der Waals surface area contributed by atoms with E-state index in [0.29, 0.717) is 24.4 Å². The van der Waals surface area contributed by atoms with Crippen molar-refractivity contribution >= 4 is 5.91 Å². The third-order valence-corrected chi connectivity index (χ3v) is 5.87. The normalized spacial score (nSPS) is 19.5. The summed E-state index contributed by atoms with van der Waals surface area (Å²) in [7, 11) is 0. The van der Waals surface area contributed by atoms with E-state index in [9.17, 15) is 9.59 Å². The smallest absolute Gasteiger partial charge is 0.267 e. The first-order valence-electron chi connectivity index (χ1n) is 10.2. The largest absolute Gasteiger partial charge is 0.361 e. The molecule has 0 saturated carbocycles. The number of likely N-dealkylation sites (tertiary alicyclic amines) is 1. The number of aryl methyl sites for hydroxylation is 3. The maximum Gasteiger partial charge on any atom is 0.267 e. The van der Waals surface area contributed by atoms with Crippen LogP contribution in [0.1, 0.15) is 53.1 Å². The summed E-state index contributed by atoms with van der Waals surface area (Å²) in [6.45, 7) is 4.64. The topological polar surface area (TPSA) is 93.3 Å². The van der Waals surface area contributed by atoms with Gasteiger partial charge in [-0.15, -0.1) is 0 Å². The number of carbonyl (C=O) groups excluding carboxylic acids is 1. The molecule has 8 nitrogen and oxygen atoms in total. The van der Waals surface area contributed by atoms with Crippen molar-refractivity contribution in [1.82, 2.24) is 25.2 Å². The van der Waals surface area contributed by atoms with Crippen molar-refractivity contribution in [2.45, 2.75) is 58.0 Å². The van der Waals surface area contributed by atoms with E-state index >= 15 is 0 Å². The minimum atomic E-state index is -0.152. The van der Waals surface area contributed by atoms with Gasteiger partial charge in [0.1, 0.15) is 11.3 Å². The van der Waals surface area contributed by atoms with Crippen LogP contribution in [0.15, 0.2) is 21.6 Å². The summed E-state index contributed by atoms with van der Waals surface area (Å²) in [4.78, 5) is 27.0. The molecule has 1 aliphatic carbocycles. The van der Waals surface area contributed by atoms with Gasteiger partial charge in [-0.3, -0.25) is 14.5 Å². The zero-order valence-corrected chi connectivity index (χ0v) is 16.3. The molecule has 3 heterocycles. The van der Waals surface area contributed by atoms with E-state index in [1.54, 1.807) is 17.7 Å². The molecule has 1 fully saturated rings. The van der Waals surface area contributed by atoms with Crippen molar-refractivity contribution in [1.29, 1.82) is 0 Å². The summed E-state index contributed by atoms with van der Waals surface area (Å²) in [5, 5.41) is 11.2. The van der Waals surface area contributed by atoms with Crippen molar-refractivity contribution in [3.63, 3.8) is 0 Å². The minimum absolute atomic E-state index is 0.00885. The average Bonchev–Trinajstić information content (AvgIpc) is 3.33. The third-order valence-electron chi connectivity index (χ3n) is 5.87. The number of rotatable bonds is 6. The van der Waals surface area contributed by atoms with Gasteiger partial charge in [0.15, 0.2) is 0 Å². The molecule has 1 unspecified atom stereocenters. The van der Waals surface area contributed by atoms with E-state index in [-0.39, 0.29) is 17.5 Å². The molecular formula is C20H27N5O3. The highest BCUT2D eigenvalue weighted by Gasteiger charge is 2.24. The van der Waals surface area contributed by atoms with E-state index < -0.39 is 0 Å². The Morgan fingerprint density at radius 2 is 2.18 bits per heavy atom. The Balaban J connectivity index is 1.36. The Morgan fingerprint density at radius 1 is 1.29 bits per heavy atom. The summed E-state index contributed by atoms with van der Waals surface area (Å²) in [5.74, 6) is 0.376. The van der Waals surface area contributed by atoms with Crippen molar-refractivity contribution < 1.29 is 9.32 Å². The molecule has 1 atom stereocenters. The van der Waals surface area contributed by atoms with Crippen LogP contribution in [0.4, 0.5) is 0 Å². The molecule has 0 spiro atoms. The van der Waals surface area contributed by atoms with Crippen molar-refractivity contribution in [3.8, 4) is 0 Å². The number of carbonyl (C=O) groups is 1. The molecule has 2 aliphatic rings. The Hall–Kier alpha value is -2.48. The van der Waals surface area contributed by atoms with Gasteiger partial charge in [-0.2, -0.15) is 5.10 Å². The highest BCUT2D eigenvalue weighted by Crippen LogP contribution is 2.18.